The standard InChI is InChI=1S/C19H24F3N3O2/c1-24(10-15-11-25(2)23-18(15)19(20,21)22)9-14-6-7-16(26-3)17(8-14)27-12-13-4-5-13/h6-8,11,13H,4-5,9-10,12H2,1-3H3. The number of benzene rings is 1. The topological polar surface area (TPSA) is 39.5 Å². The minimum absolute atomic E-state index is 0.146. The third kappa shape index (κ3) is 5.15. The molecule has 0 unspecified atom stereocenters. The van der Waals surface area contributed by atoms with Crippen LogP contribution in [0.3, 0.4) is 0 Å². The molecule has 1 aromatic heterocycles. The van der Waals surface area contributed by atoms with Crippen LogP contribution < -0.4 is 9.47 Å². The zero-order valence-corrected chi connectivity index (χ0v) is 15.7. The molecule has 0 amide bonds. The summed E-state index contributed by atoms with van der Waals surface area (Å²) in [6, 6.07) is 5.62. The molecule has 1 aliphatic carbocycles. The predicted molar refractivity (Wildman–Crippen MR) is 94.6 cm³/mol. The van der Waals surface area contributed by atoms with Gasteiger partial charge < -0.3 is 9.47 Å². The Morgan fingerprint density at radius 2 is 1.96 bits per heavy atom. The molecule has 0 spiro atoms. The smallest absolute Gasteiger partial charge is 0.435 e. The van der Waals surface area contributed by atoms with Gasteiger partial charge in [0, 0.05) is 31.9 Å². The van der Waals surface area contributed by atoms with Gasteiger partial charge in [0.2, 0.25) is 0 Å². The van der Waals surface area contributed by atoms with Crippen molar-refractivity contribution in [2.75, 3.05) is 20.8 Å². The number of ether oxygens (including phenoxy) is 2. The van der Waals surface area contributed by atoms with Crippen molar-refractivity contribution in [1.29, 1.82) is 0 Å². The lowest BCUT2D eigenvalue weighted by atomic mass is 10.1. The SMILES string of the molecule is COc1ccc(CN(C)Cc2cn(C)nc2C(F)(F)F)cc1OCC1CC1. The first-order chi connectivity index (χ1) is 12.8. The molecule has 0 N–H and O–H groups in total. The van der Waals surface area contributed by atoms with E-state index < -0.39 is 11.9 Å². The van der Waals surface area contributed by atoms with Crippen molar-refractivity contribution in [1.82, 2.24) is 14.7 Å². The molecule has 1 saturated carbocycles. The lowest BCUT2D eigenvalue weighted by Crippen LogP contribution is -2.19. The third-order valence-corrected chi connectivity index (χ3v) is 4.47. The Labute approximate surface area is 156 Å². The van der Waals surface area contributed by atoms with Crippen molar-refractivity contribution in [2.24, 2.45) is 13.0 Å². The molecule has 0 bridgehead atoms. The Bertz CT molecular complexity index is 785. The van der Waals surface area contributed by atoms with Gasteiger partial charge in [-0.25, -0.2) is 0 Å². The molecular formula is C19H24F3N3O2. The maximum Gasteiger partial charge on any atom is 0.435 e. The van der Waals surface area contributed by atoms with Crippen LogP contribution in [0.2, 0.25) is 0 Å². The largest absolute Gasteiger partial charge is 0.493 e. The number of nitrogens with zero attached hydrogens (tertiary/aromatic N) is 3. The van der Waals surface area contributed by atoms with E-state index in [0.29, 0.717) is 30.6 Å². The molecule has 2 aromatic rings. The molecule has 8 heteroatoms. The highest BCUT2D eigenvalue weighted by atomic mass is 19.4. The van der Waals surface area contributed by atoms with Gasteiger partial charge in [0.15, 0.2) is 17.2 Å². The average molecular weight is 383 g/mol. The molecule has 0 saturated heterocycles. The monoisotopic (exact) mass is 383 g/mol. The fourth-order valence-electron chi connectivity index (χ4n) is 2.97. The zero-order valence-electron chi connectivity index (χ0n) is 15.7. The molecule has 0 atom stereocenters. The van der Waals surface area contributed by atoms with Crippen LogP contribution in [0.4, 0.5) is 13.2 Å². The summed E-state index contributed by atoms with van der Waals surface area (Å²) in [5, 5.41) is 3.55. The molecule has 5 nitrogen and oxygen atoms in total. The van der Waals surface area contributed by atoms with E-state index in [-0.39, 0.29) is 12.1 Å². The van der Waals surface area contributed by atoms with Gasteiger partial charge in [-0.15, -0.1) is 0 Å². The van der Waals surface area contributed by atoms with E-state index in [4.69, 9.17) is 9.47 Å². The molecule has 148 valence electrons. The summed E-state index contributed by atoms with van der Waals surface area (Å²) in [5.41, 5.74) is 0.271. The van der Waals surface area contributed by atoms with Crippen molar-refractivity contribution in [2.45, 2.75) is 32.1 Å². The van der Waals surface area contributed by atoms with Crippen LogP contribution >= 0.6 is 0 Å². The van der Waals surface area contributed by atoms with Crippen LogP contribution in [-0.4, -0.2) is 35.4 Å². The summed E-state index contributed by atoms with van der Waals surface area (Å²) in [6.07, 6.45) is -0.659. The second-order valence-electron chi connectivity index (χ2n) is 7.09. The van der Waals surface area contributed by atoms with Crippen LogP contribution in [0.25, 0.3) is 0 Å². The Morgan fingerprint density at radius 1 is 1.22 bits per heavy atom. The second kappa shape index (κ2) is 7.80. The fourth-order valence-corrected chi connectivity index (χ4v) is 2.97. The summed E-state index contributed by atoms with van der Waals surface area (Å²) >= 11 is 0. The Morgan fingerprint density at radius 3 is 2.59 bits per heavy atom. The average Bonchev–Trinajstić information content (AvgIpc) is 3.34. The van der Waals surface area contributed by atoms with Gasteiger partial charge in [-0.1, -0.05) is 6.07 Å². The number of hydrogen-bond acceptors (Lipinski definition) is 4. The van der Waals surface area contributed by atoms with E-state index in [2.05, 4.69) is 5.10 Å². The van der Waals surface area contributed by atoms with Gasteiger partial charge in [-0.2, -0.15) is 18.3 Å². The number of rotatable bonds is 8. The van der Waals surface area contributed by atoms with Gasteiger partial charge in [0.1, 0.15) is 0 Å². The van der Waals surface area contributed by atoms with Gasteiger partial charge in [0.25, 0.3) is 0 Å². The molecule has 27 heavy (non-hydrogen) atoms. The van der Waals surface area contributed by atoms with Gasteiger partial charge >= 0.3 is 6.18 Å². The maximum absolute atomic E-state index is 13.1. The van der Waals surface area contributed by atoms with Crippen molar-refractivity contribution in [3.63, 3.8) is 0 Å². The first kappa shape index (κ1) is 19.5. The van der Waals surface area contributed by atoms with Crippen LogP contribution in [0, 0.1) is 5.92 Å². The highest BCUT2D eigenvalue weighted by Crippen LogP contribution is 2.34. The van der Waals surface area contributed by atoms with E-state index in [1.807, 2.05) is 23.1 Å². The number of aromatic nitrogens is 2. The normalized spacial score (nSPS) is 14.6. The van der Waals surface area contributed by atoms with E-state index in [1.54, 1.807) is 14.2 Å². The predicted octanol–water partition coefficient (Wildman–Crippen LogP) is 3.87. The van der Waals surface area contributed by atoms with Gasteiger partial charge in [-0.3, -0.25) is 9.58 Å². The Balaban J connectivity index is 1.68. The van der Waals surface area contributed by atoms with Crippen molar-refractivity contribution in [3.8, 4) is 11.5 Å². The van der Waals surface area contributed by atoms with E-state index in [0.717, 1.165) is 5.56 Å². The summed E-state index contributed by atoms with van der Waals surface area (Å²) in [5.74, 6) is 1.95. The summed E-state index contributed by atoms with van der Waals surface area (Å²) in [6.45, 7) is 1.29. The molecule has 1 aromatic carbocycles. The number of halogens is 3. The molecule has 1 heterocycles. The van der Waals surface area contributed by atoms with Crippen molar-refractivity contribution < 1.29 is 22.6 Å². The lowest BCUT2D eigenvalue weighted by Gasteiger charge is -2.18. The maximum atomic E-state index is 13.1. The fraction of sp³-hybridized carbons (Fsp3) is 0.526. The van der Waals surface area contributed by atoms with E-state index in [1.165, 1.54) is 30.8 Å². The second-order valence-corrected chi connectivity index (χ2v) is 7.09. The number of alkyl halides is 3. The third-order valence-electron chi connectivity index (χ3n) is 4.47. The molecule has 3 rings (SSSR count). The highest BCUT2D eigenvalue weighted by molar-refractivity contribution is 5.43. The first-order valence-electron chi connectivity index (χ1n) is 8.84. The van der Waals surface area contributed by atoms with Gasteiger partial charge in [0.05, 0.1) is 13.7 Å². The number of aryl methyl sites for hydroxylation is 1. The number of hydrogen-bond donors (Lipinski definition) is 0. The van der Waals surface area contributed by atoms with E-state index in [9.17, 15) is 13.2 Å². The van der Waals surface area contributed by atoms with Crippen LogP contribution in [-0.2, 0) is 26.3 Å². The van der Waals surface area contributed by atoms with Crippen LogP contribution in [0.5, 0.6) is 11.5 Å². The molecule has 1 fully saturated rings. The number of methoxy groups -OCH3 is 1. The molecule has 0 aliphatic heterocycles. The lowest BCUT2D eigenvalue weighted by molar-refractivity contribution is -0.142. The summed E-state index contributed by atoms with van der Waals surface area (Å²) < 4.78 is 51.7. The summed E-state index contributed by atoms with van der Waals surface area (Å²) in [7, 11) is 4.86. The Kier molecular flexibility index (Phi) is 5.64. The van der Waals surface area contributed by atoms with E-state index >= 15 is 0 Å². The van der Waals surface area contributed by atoms with Crippen LogP contribution in [0.1, 0.15) is 29.7 Å². The van der Waals surface area contributed by atoms with Crippen molar-refractivity contribution >= 4 is 0 Å². The molecular weight excluding hydrogens is 359 g/mol. The minimum Gasteiger partial charge on any atom is -0.493 e. The van der Waals surface area contributed by atoms with Gasteiger partial charge in [-0.05, 0) is 43.5 Å². The zero-order chi connectivity index (χ0) is 19.6. The minimum atomic E-state index is -4.46. The van der Waals surface area contributed by atoms with Crippen molar-refractivity contribution in [3.05, 3.63) is 41.2 Å². The first-order valence-corrected chi connectivity index (χ1v) is 8.84. The molecule has 1 aliphatic rings. The quantitative estimate of drug-likeness (QED) is 0.694. The summed E-state index contributed by atoms with van der Waals surface area (Å²) in [4.78, 5) is 1.82. The van der Waals surface area contributed by atoms with Crippen LogP contribution in [0.15, 0.2) is 24.4 Å². The Hall–Kier alpha value is -2.22. The molecule has 0 radical (unpaired) electrons. The highest BCUT2D eigenvalue weighted by Gasteiger charge is 2.37.